The van der Waals surface area contributed by atoms with E-state index in [9.17, 15) is 0 Å². The minimum Gasteiger partial charge on any atom is -0.453 e. The van der Waals surface area contributed by atoms with Gasteiger partial charge in [-0.2, -0.15) is 5.10 Å². The molecule has 0 aliphatic carbocycles. The molecule has 1 aromatic carbocycles. The minimum atomic E-state index is 0.385. The third-order valence-corrected chi connectivity index (χ3v) is 3.23. The number of ether oxygens (including phenoxy) is 1. The van der Waals surface area contributed by atoms with E-state index in [1.165, 1.54) is 0 Å². The van der Waals surface area contributed by atoms with Crippen LogP contribution in [0, 0.1) is 0 Å². The summed E-state index contributed by atoms with van der Waals surface area (Å²) in [7, 11) is 0. The van der Waals surface area contributed by atoms with Gasteiger partial charge in [-0.25, -0.2) is 0 Å². The molecule has 0 spiro atoms. The molecule has 0 bridgehead atoms. The summed E-state index contributed by atoms with van der Waals surface area (Å²) in [5.74, 6) is 1.49. The molecule has 0 saturated carbocycles. The van der Waals surface area contributed by atoms with Crippen molar-refractivity contribution in [2.75, 3.05) is 0 Å². The zero-order chi connectivity index (χ0) is 14.7. The van der Waals surface area contributed by atoms with Gasteiger partial charge >= 0.3 is 0 Å². The molecule has 0 amide bonds. The Bertz CT molecular complexity index is 751. The Morgan fingerprint density at radius 1 is 1.29 bits per heavy atom. The second-order valence-electron chi connectivity index (χ2n) is 4.87. The first-order chi connectivity index (χ1) is 10.3. The van der Waals surface area contributed by atoms with Crippen LogP contribution in [0.5, 0.6) is 11.5 Å². The maximum atomic E-state index is 5.98. The van der Waals surface area contributed by atoms with E-state index >= 15 is 0 Å². The zero-order valence-corrected chi connectivity index (χ0v) is 12.0. The molecule has 0 aliphatic heterocycles. The third kappa shape index (κ3) is 2.87. The van der Waals surface area contributed by atoms with Gasteiger partial charge in [-0.1, -0.05) is 19.1 Å². The average molecular weight is 282 g/mol. The number of hydrogen-bond acceptors (Lipinski definition) is 4. The Morgan fingerprint density at radius 3 is 2.95 bits per heavy atom. The van der Waals surface area contributed by atoms with Crippen molar-refractivity contribution in [2.24, 2.45) is 5.73 Å². The second kappa shape index (κ2) is 5.93. The molecular weight excluding hydrogens is 264 g/mol. The van der Waals surface area contributed by atoms with Gasteiger partial charge in [-0.05, 0) is 18.6 Å². The van der Waals surface area contributed by atoms with Gasteiger partial charge in [-0.3, -0.25) is 9.67 Å². The Balaban J connectivity index is 1.98. The van der Waals surface area contributed by atoms with Crippen LogP contribution in [0.25, 0.3) is 10.9 Å². The summed E-state index contributed by atoms with van der Waals surface area (Å²) in [6, 6.07) is 9.77. The van der Waals surface area contributed by atoms with Crippen molar-refractivity contribution >= 4 is 10.9 Å². The van der Waals surface area contributed by atoms with E-state index in [4.69, 9.17) is 10.5 Å². The van der Waals surface area contributed by atoms with Crippen LogP contribution in [0.3, 0.4) is 0 Å². The molecule has 5 nitrogen and oxygen atoms in total. The normalized spacial score (nSPS) is 11.0. The van der Waals surface area contributed by atoms with Crippen LogP contribution in [0.2, 0.25) is 0 Å². The summed E-state index contributed by atoms with van der Waals surface area (Å²) in [4.78, 5) is 4.50. The first-order valence-electron chi connectivity index (χ1n) is 7.09. The SMILES string of the molecule is CCCn1cc(Oc2cc(CN)nc3ccccc23)cn1. The second-order valence-corrected chi connectivity index (χ2v) is 4.87. The molecule has 3 aromatic rings. The van der Waals surface area contributed by atoms with E-state index in [0.29, 0.717) is 6.54 Å². The Hall–Kier alpha value is -2.40. The van der Waals surface area contributed by atoms with Crippen LogP contribution >= 0.6 is 0 Å². The molecule has 0 radical (unpaired) electrons. The van der Waals surface area contributed by atoms with E-state index in [0.717, 1.165) is 41.1 Å². The quantitative estimate of drug-likeness (QED) is 0.781. The summed E-state index contributed by atoms with van der Waals surface area (Å²) in [5.41, 5.74) is 7.41. The van der Waals surface area contributed by atoms with E-state index in [1.54, 1.807) is 6.20 Å². The molecule has 108 valence electrons. The van der Waals surface area contributed by atoms with Crippen LogP contribution in [0.1, 0.15) is 19.0 Å². The summed E-state index contributed by atoms with van der Waals surface area (Å²) >= 11 is 0. The van der Waals surface area contributed by atoms with Gasteiger partial charge in [0.2, 0.25) is 0 Å². The predicted octanol–water partition coefficient (Wildman–Crippen LogP) is 3.09. The van der Waals surface area contributed by atoms with Crippen LogP contribution < -0.4 is 10.5 Å². The highest BCUT2D eigenvalue weighted by molar-refractivity contribution is 5.85. The van der Waals surface area contributed by atoms with Crippen LogP contribution in [-0.2, 0) is 13.1 Å². The molecule has 0 unspecified atom stereocenters. The molecule has 2 N–H and O–H groups in total. The fourth-order valence-corrected chi connectivity index (χ4v) is 2.26. The topological polar surface area (TPSA) is 66.0 Å². The molecule has 2 heterocycles. The van der Waals surface area contributed by atoms with Crippen molar-refractivity contribution in [3.8, 4) is 11.5 Å². The average Bonchev–Trinajstić information content (AvgIpc) is 2.94. The highest BCUT2D eigenvalue weighted by Crippen LogP contribution is 2.29. The zero-order valence-electron chi connectivity index (χ0n) is 12.0. The lowest BCUT2D eigenvalue weighted by atomic mass is 10.2. The highest BCUT2D eigenvalue weighted by atomic mass is 16.5. The molecule has 0 saturated heterocycles. The lowest BCUT2D eigenvalue weighted by Gasteiger charge is -2.09. The van der Waals surface area contributed by atoms with E-state index in [1.807, 2.05) is 41.2 Å². The van der Waals surface area contributed by atoms with E-state index in [2.05, 4.69) is 17.0 Å². The lowest BCUT2D eigenvalue weighted by molar-refractivity contribution is 0.485. The van der Waals surface area contributed by atoms with Gasteiger partial charge in [0.05, 0.1) is 23.6 Å². The number of hydrogen-bond donors (Lipinski definition) is 1. The maximum absolute atomic E-state index is 5.98. The van der Waals surface area contributed by atoms with Gasteiger partial charge in [0, 0.05) is 24.5 Å². The fourth-order valence-electron chi connectivity index (χ4n) is 2.26. The maximum Gasteiger partial charge on any atom is 0.165 e. The first kappa shape index (κ1) is 13.6. The molecule has 0 fully saturated rings. The molecule has 2 aromatic heterocycles. The minimum absolute atomic E-state index is 0.385. The van der Waals surface area contributed by atoms with Crippen molar-refractivity contribution < 1.29 is 4.74 Å². The van der Waals surface area contributed by atoms with Crippen molar-refractivity contribution in [2.45, 2.75) is 26.4 Å². The summed E-state index contributed by atoms with van der Waals surface area (Å²) in [6.45, 7) is 3.39. The number of benzene rings is 1. The smallest absolute Gasteiger partial charge is 0.165 e. The van der Waals surface area contributed by atoms with E-state index in [-0.39, 0.29) is 0 Å². The van der Waals surface area contributed by atoms with Crippen molar-refractivity contribution in [1.82, 2.24) is 14.8 Å². The van der Waals surface area contributed by atoms with Gasteiger partial charge in [0.15, 0.2) is 5.75 Å². The molecule has 5 heteroatoms. The van der Waals surface area contributed by atoms with Crippen molar-refractivity contribution in [3.05, 3.63) is 48.4 Å². The Labute approximate surface area is 123 Å². The fraction of sp³-hybridized carbons (Fsp3) is 0.250. The van der Waals surface area contributed by atoms with Crippen molar-refractivity contribution in [1.29, 1.82) is 0 Å². The Kier molecular flexibility index (Phi) is 3.83. The number of aromatic nitrogens is 3. The van der Waals surface area contributed by atoms with E-state index < -0.39 is 0 Å². The van der Waals surface area contributed by atoms with Gasteiger partial charge in [-0.15, -0.1) is 0 Å². The third-order valence-electron chi connectivity index (χ3n) is 3.23. The summed E-state index contributed by atoms with van der Waals surface area (Å²) < 4.78 is 7.86. The number of nitrogens with two attached hydrogens (primary N) is 1. The first-order valence-corrected chi connectivity index (χ1v) is 7.09. The number of fused-ring (bicyclic) bond motifs is 1. The number of nitrogens with zero attached hydrogens (tertiary/aromatic N) is 3. The molecular formula is C16H18N4O. The monoisotopic (exact) mass is 282 g/mol. The number of pyridine rings is 1. The van der Waals surface area contributed by atoms with Crippen LogP contribution in [0.15, 0.2) is 42.7 Å². The molecule has 21 heavy (non-hydrogen) atoms. The number of rotatable bonds is 5. The number of aryl methyl sites for hydroxylation is 1. The standard InChI is InChI=1S/C16H18N4O/c1-2-7-20-11-13(10-18-20)21-16-8-12(9-17)19-15-6-4-3-5-14(15)16/h3-6,8,10-11H,2,7,9,17H2,1H3. The van der Waals surface area contributed by atoms with Gasteiger partial charge in [0.25, 0.3) is 0 Å². The molecule has 0 atom stereocenters. The Morgan fingerprint density at radius 2 is 2.14 bits per heavy atom. The molecule has 3 rings (SSSR count). The predicted molar refractivity (Wildman–Crippen MR) is 82.2 cm³/mol. The summed E-state index contributed by atoms with van der Waals surface area (Å²) in [5, 5.41) is 5.25. The van der Waals surface area contributed by atoms with Crippen molar-refractivity contribution in [3.63, 3.8) is 0 Å². The van der Waals surface area contributed by atoms with Crippen LogP contribution in [-0.4, -0.2) is 14.8 Å². The van der Waals surface area contributed by atoms with Crippen LogP contribution in [0.4, 0.5) is 0 Å². The van der Waals surface area contributed by atoms with Gasteiger partial charge in [0.1, 0.15) is 5.75 Å². The number of para-hydroxylation sites is 1. The van der Waals surface area contributed by atoms with Gasteiger partial charge < -0.3 is 10.5 Å². The molecule has 0 aliphatic rings. The lowest BCUT2D eigenvalue weighted by Crippen LogP contribution is -2.00. The summed E-state index contributed by atoms with van der Waals surface area (Å²) in [6.07, 6.45) is 4.67. The highest BCUT2D eigenvalue weighted by Gasteiger charge is 2.08. The largest absolute Gasteiger partial charge is 0.453 e.